The lowest BCUT2D eigenvalue weighted by Crippen LogP contribution is -2.45. The largest absolute Gasteiger partial charge is 0.348 e. The molecular weight excluding hydrogens is 390 g/mol. The minimum Gasteiger partial charge on any atom is -0.341 e. The Kier molecular flexibility index (Phi) is 6.38. The number of carbonyl (C=O) groups excluding carboxylic acids is 2. The average molecular weight is 422 g/mol. The second kappa shape index (κ2) is 8.47. The molecule has 8 nitrogen and oxygen atoms in total. The molecule has 0 aliphatic carbocycles. The maximum Gasteiger partial charge on any atom is 0.348 e. The first-order chi connectivity index (χ1) is 13.6. The first kappa shape index (κ1) is 21.8. The van der Waals surface area contributed by atoms with E-state index in [4.69, 9.17) is 0 Å². The number of rotatable bonds is 6. The molecule has 2 aliphatic heterocycles. The number of aryl methyl sites for hydroxylation is 2. The number of amides is 2. The maximum absolute atomic E-state index is 13.0. The van der Waals surface area contributed by atoms with E-state index in [1.54, 1.807) is 18.7 Å². The van der Waals surface area contributed by atoms with Crippen LogP contribution in [0.15, 0.2) is 10.9 Å². The van der Waals surface area contributed by atoms with Gasteiger partial charge in [0.25, 0.3) is 0 Å². The Morgan fingerprint density at radius 2 is 1.83 bits per heavy atom. The summed E-state index contributed by atoms with van der Waals surface area (Å²) in [4.78, 5) is 47.6. The Balaban J connectivity index is 1.75. The summed E-state index contributed by atoms with van der Waals surface area (Å²) in [5, 5.41) is 0. The van der Waals surface area contributed by atoms with E-state index < -0.39 is 0 Å². The Bertz CT molecular complexity index is 855. The van der Waals surface area contributed by atoms with E-state index in [0.717, 1.165) is 12.2 Å². The summed E-state index contributed by atoms with van der Waals surface area (Å²) in [7, 11) is 4.06. The van der Waals surface area contributed by atoms with Gasteiger partial charge in [0.15, 0.2) is 0 Å². The van der Waals surface area contributed by atoms with Crippen molar-refractivity contribution in [2.24, 2.45) is 11.3 Å². The summed E-state index contributed by atoms with van der Waals surface area (Å²) < 4.78 is 1.44. The summed E-state index contributed by atoms with van der Waals surface area (Å²) in [6.07, 6.45) is 1.94. The van der Waals surface area contributed by atoms with Gasteiger partial charge < -0.3 is 14.7 Å². The molecule has 0 bridgehead atoms. The van der Waals surface area contributed by atoms with Crippen molar-refractivity contribution in [2.45, 2.75) is 20.4 Å². The fourth-order valence-corrected chi connectivity index (χ4v) is 5.26. The highest BCUT2D eigenvalue weighted by Gasteiger charge is 2.54. The van der Waals surface area contributed by atoms with Gasteiger partial charge in [0.1, 0.15) is 6.54 Å². The van der Waals surface area contributed by atoms with Gasteiger partial charge in [0, 0.05) is 55.4 Å². The molecule has 3 heterocycles. The van der Waals surface area contributed by atoms with E-state index in [1.807, 2.05) is 43.1 Å². The Morgan fingerprint density at radius 1 is 1.21 bits per heavy atom. The normalized spacial score (nSPS) is 23.7. The molecule has 160 valence electrons. The van der Waals surface area contributed by atoms with Crippen LogP contribution in [-0.2, 0) is 16.1 Å². The van der Waals surface area contributed by atoms with Gasteiger partial charge in [-0.1, -0.05) is 0 Å². The van der Waals surface area contributed by atoms with Gasteiger partial charge in [-0.05, 0) is 40.3 Å². The number of hydrogen-bond donors (Lipinski definition) is 0. The van der Waals surface area contributed by atoms with E-state index in [0.29, 0.717) is 37.6 Å². The average Bonchev–Trinajstić information content (AvgIpc) is 3.11. The number of aromatic nitrogens is 2. The van der Waals surface area contributed by atoms with Crippen LogP contribution in [0.3, 0.4) is 0 Å². The monoisotopic (exact) mass is 421 g/mol. The highest BCUT2D eigenvalue weighted by atomic mass is 32.2. The smallest absolute Gasteiger partial charge is 0.341 e. The van der Waals surface area contributed by atoms with Gasteiger partial charge in [-0.25, -0.2) is 4.79 Å². The molecule has 0 radical (unpaired) electrons. The van der Waals surface area contributed by atoms with E-state index in [-0.39, 0.29) is 35.4 Å². The Hall–Kier alpha value is -1.87. The van der Waals surface area contributed by atoms with Crippen molar-refractivity contribution in [2.75, 3.05) is 58.8 Å². The lowest BCUT2D eigenvalue weighted by atomic mass is 9.80. The van der Waals surface area contributed by atoms with Crippen LogP contribution in [0, 0.1) is 25.2 Å². The molecule has 0 N–H and O–H groups in total. The second-order valence-corrected chi connectivity index (χ2v) is 9.55. The molecule has 9 heteroatoms. The van der Waals surface area contributed by atoms with E-state index in [1.165, 1.54) is 4.57 Å². The number of nitrogens with zero attached hydrogens (tertiary/aromatic N) is 5. The molecule has 3 rings (SSSR count). The van der Waals surface area contributed by atoms with Crippen molar-refractivity contribution in [3.8, 4) is 0 Å². The van der Waals surface area contributed by atoms with Crippen LogP contribution in [-0.4, -0.2) is 94.9 Å². The van der Waals surface area contributed by atoms with Gasteiger partial charge in [0.2, 0.25) is 11.8 Å². The minimum absolute atomic E-state index is 0.0117. The Morgan fingerprint density at radius 3 is 2.38 bits per heavy atom. The third-order valence-electron chi connectivity index (χ3n) is 6.00. The van der Waals surface area contributed by atoms with Crippen molar-refractivity contribution in [1.29, 1.82) is 0 Å². The van der Waals surface area contributed by atoms with Crippen LogP contribution in [0.5, 0.6) is 0 Å². The molecule has 0 saturated carbocycles. The molecule has 2 aliphatic rings. The van der Waals surface area contributed by atoms with Crippen LogP contribution < -0.4 is 5.69 Å². The molecule has 2 fully saturated rings. The number of hydrogen-bond acceptors (Lipinski definition) is 6. The Labute approximate surface area is 176 Å². The highest BCUT2D eigenvalue weighted by Crippen LogP contribution is 2.43. The van der Waals surface area contributed by atoms with Gasteiger partial charge in [-0.2, -0.15) is 16.7 Å². The second-order valence-electron chi connectivity index (χ2n) is 8.69. The molecule has 1 aromatic rings. The predicted octanol–water partition coefficient (Wildman–Crippen LogP) is 0.0717. The molecular formula is C20H31N5O3S. The van der Waals surface area contributed by atoms with E-state index in [9.17, 15) is 14.4 Å². The van der Waals surface area contributed by atoms with Gasteiger partial charge >= 0.3 is 5.69 Å². The summed E-state index contributed by atoms with van der Waals surface area (Å²) >= 11 is 1.54. The molecule has 0 aromatic carbocycles. The van der Waals surface area contributed by atoms with Crippen LogP contribution in [0.1, 0.15) is 11.4 Å². The van der Waals surface area contributed by atoms with Crippen molar-refractivity contribution >= 4 is 23.6 Å². The number of likely N-dealkylation sites (tertiary alicyclic amines) is 2. The zero-order chi connectivity index (χ0) is 21.3. The topological polar surface area (TPSA) is 78.8 Å². The van der Waals surface area contributed by atoms with Gasteiger partial charge in [0.05, 0.1) is 5.75 Å². The number of thioether (sulfide) groups is 1. The van der Waals surface area contributed by atoms with E-state index >= 15 is 0 Å². The quantitative estimate of drug-likeness (QED) is 0.647. The SMILES string of the molecule is CSCC(=O)N1CC2CN(C(=O)Cn3c(C)cc(C)nc3=O)CC2(CN(C)C)C1. The first-order valence-corrected chi connectivity index (χ1v) is 11.3. The lowest BCUT2D eigenvalue weighted by molar-refractivity contribution is -0.132. The fraction of sp³-hybridized carbons (Fsp3) is 0.700. The zero-order valence-corrected chi connectivity index (χ0v) is 18.8. The first-order valence-electron chi connectivity index (χ1n) is 9.89. The summed E-state index contributed by atoms with van der Waals surface area (Å²) in [6, 6.07) is 1.82. The third-order valence-corrected chi connectivity index (χ3v) is 6.54. The number of carbonyl (C=O) groups is 2. The highest BCUT2D eigenvalue weighted by molar-refractivity contribution is 7.99. The standard InChI is InChI=1S/C20H31N5O3S/c1-14-6-15(2)25(19(28)21-14)9-17(26)23-7-16-8-24(18(27)10-29-5)13-20(16,12-23)11-22(3)4/h6,16H,7-13H2,1-5H3. The van der Waals surface area contributed by atoms with E-state index in [2.05, 4.69) is 9.88 Å². The molecule has 2 atom stereocenters. The van der Waals surface area contributed by atoms with Crippen LogP contribution in [0.4, 0.5) is 0 Å². The predicted molar refractivity (Wildman–Crippen MR) is 114 cm³/mol. The van der Waals surface area contributed by atoms with Crippen LogP contribution >= 0.6 is 11.8 Å². The molecule has 29 heavy (non-hydrogen) atoms. The fourth-order valence-electron chi connectivity index (χ4n) is 4.83. The number of fused-ring (bicyclic) bond motifs is 1. The van der Waals surface area contributed by atoms with Gasteiger partial charge in [-0.15, -0.1) is 0 Å². The molecule has 2 unspecified atom stereocenters. The molecule has 2 amide bonds. The zero-order valence-electron chi connectivity index (χ0n) is 18.0. The van der Waals surface area contributed by atoms with Crippen molar-refractivity contribution in [1.82, 2.24) is 24.3 Å². The molecule has 1 aromatic heterocycles. The van der Waals surface area contributed by atoms with Crippen molar-refractivity contribution in [3.05, 3.63) is 27.9 Å². The van der Waals surface area contributed by atoms with Crippen molar-refractivity contribution < 1.29 is 9.59 Å². The minimum atomic E-state index is -0.382. The summed E-state index contributed by atoms with van der Waals surface area (Å²) in [5.74, 6) is 0.871. The lowest BCUT2D eigenvalue weighted by Gasteiger charge is -2.32. The van der Waals surface area contributed by atoms with Crippen LogP contribution in [0.25, 0.3) is 0 Å². The third kappa shape index (κ3) is 4.50. The van der Waals surface area contributed by atoms with Crippen LogP contribution in [0.2, 0.25) is 0 Å². The van der Waals surface area contributed by atoms with Crippen molar-refractivity contribution in [3.63, 3.8) is 0 Å². The summed E-state index contributed by atoms with van der Waals surface area (Å²) in [5.41, 5.74) is 0.907. The molecule has 0 spiro atoms. The van der Waals surface area contributed by atoms with Gasteiger partial charge in [-0.3, -0.25) is 14.2 Å². The summed E-state index contributed by atoms with van der Waals surface area (Å²) in [6.45, 7) is 7.06. The maximum atomic E-state index is 13.0. The molecule has 2 saturated heterocycles.